The van der Waals surface area contributed by atoms with Gasteiger partial charge in [0.2, 0.25) is 0 Å². The standard InChI is InChI=1S/C28H40/c1-25(2,3)21-15-20(16-22(18-21)26(4,5)6)19-11-12-23-24(17-19)28(9,10)14-13-27(23,7)8/h11-12,15-18H,13-14H2,1-10H3. The van der Waals surface area contributed by atoms with Crippen molar-refractivity contribution in [3.8, 4) is 11.1 Å². The van der Waals surface area contributed by atoms with Crippen molar-refractivity contribution in [2.45, 2.75) is 104 Å². The monoisotopic (exact) mass is 376 g/mol. The third kappa shape index (κ3) is 3.93. The third-order valence-corrected chi connectivity index (χ3v) is 6.85. The van der Waals surface area contributed by atoms with Crippen LogP contribution in [0.4, 0.5) is 0 Å². The first-order valence-corrected chi connectivity index (χ1v) is 10.9. The molecule has 0 radical (unpaired) electrons. The van der Waals surface area contributed by atoms with Gasteiger partial charge in [-0.05, 0) is 67.9 Å². The predicted octanol–water partition coefficient (Wildman–Crippen LogP) is 8.30. The van der Waals surface area contributed by atoms with Crippen LogP contribution in [0.25, 0.3) is 11.1 Å². The van der Waals surface area contributed by atoms with Crippen LogP contribution >= 0.6 is 0 Å². The highest BCUT2D eigenvalue weighted by molar-refractivity contribution is 5.68. The van der Waals surface area contributed by atoms with Crippen LogP contribution in [0.1, 0.15) is 104 Å². The summed E-state index contributed by atoms with van der Waals surface area (Å²) in [6.45, 7) is 23.5. The molecule has 0 atom stereocenters. The van der Waals surface area contributed by atoms with Gasteiger partial charge < -0.3 is 0 Å². The molecule has 0 heterocycles. The molecule has 2 aromatic rings. The normalized spacial score (nSPS) is 18.6. The Balaban J connectivity index is 2.22. The zero-order valence-corrected chi connectivity index (χ0v) is 19.9. The van der Waals surface area contributed by atoms with E-state index in [9.17, 15) is 0 Å². The SMILES string of the molecule is CC(C)(C)c1cc(-c2ccc3c(c2)C(C)(C)CCC3(C)C)cc(C(C)(C)C)c1. The minimum absolute atomic E-state index is 0.144. The Hall–Kier alpha value is -1.56. The Labute approximate surface area is 173 Å². The zero-order valence-electron chi connectivity index (χ0n) is 19.9. The van der Waals surface area contributed by atoms with Gasteiger partial charge >= 0.3 is 0 Å². The Bertz CT molecular complexity index is 847. The largest absolute Gasteiger partial charge is 0.0576 e. The average Bonchev–Trinajstić information content (AvgIpc) is 2.57. The summed E-state index contributed by atoms with van der Waals surface area (Å²) in [4.78, 5) is 0. The molecular formula is C28H40. The quantitative estimate of drug-likeness (QED) is 0.469. The molecule has 0 aliphatic heterocycles. The van der Waals surface area contributed by atoms with E-state index in [4.69, 9.17) is 0 Å². The molecule has 0 saturated heterocycles. The highest BCUT2D eigenvalue weighted by Gasteiger charge is 2.37. The number of hydrogen-bond acceptors (Lipinski definition) is 0. The first kappa shape index (κ1) is 21.2. The lowest BCUT2D eigenvalue weighted by Gasteiger charge is -2.42. The van der Waals surface area contributed by atoms with Crippen molar-refractivity contribution in [3.63, 3.8) is 0 Å². The maximum atomic E-state index is 2.49. The summed E-state index contributed by atoms with van der Waals surface area (Å²) in [5.41, 5.74) is 9.45. The molecule has 0 aromatic heterocycles. The summed E-state index contributed by atoms with van der Waals surface area (Å²) in [6.07, 6.45) is 2.52. The van der Waals surface area contributed by atoms with Crippen LogP contribution in [0.3, 0.4) is 0 Å². The van der Waals surface area contributed by atoms with E-state index in [0.29, 0.717) is 0 Å². The van der Waals surface area contributed by atoms with Gasteiger partial charge in [0.25, 0.3) is 0 Å². The van der Waals surface area contributed by atoms with Gasteiger partial charge in [0.15, 0.2) is 0 Å². The predicted molar refractivity (Wildman–Crippen MR) is 125 cm³/mol. The van der Waals surface area contributed by atoms with Crippen LogP contribution in [0.15, 0.2) is 36.4 Å². The molecule has 1 aliphatic rings. The molecule has 0 nitrogen and oxygen atoms in total. The van der Waals surface area contributed by atoms with Crippen molar-refractivity contribution in [3.05, 3.63) is 58.7 Å². The van der Waals surface area contributed by atoms with Gasteiger partial charge in [0.05, 0.1) is 0 Å². The highest BCUT2D eigenvalue weighted by atomic mass is 14.4. The van der Waals surface area contributed by atoms with E-state index < -0.39 is 0 Å². The molecule has 28 heavy (non-hydrogen) atoms. The van der Waals surface area contributed by atoms with Crippen LogP contribution in [-0.4, -0.2) is 0 Å². The third-order valence-electron chi connectivity index (χ3n) is 6.85. The fraction of sp³-hybridized carbons (Fsp3) is 0.571. The fourth-order valence-corrected chi connectivity index (χ4v) is 4.43. The second-order valence-corrected chi connectivity index (χ2v) is 12.3. The second kappa shape index (κ2) is 6.48. The van der Waals surface area contributed by atoms with Crippen LogP contribution in [0.2, 0.25) is 0 Å². The summed E-state index contributed by atoms with van der Waals surface area (Å²) < 4.78 is 0. The van der Waals surface area contributed by atoms with Crippen LogP contribution < -0.4 is 0 Å². The number of hydrogen-bond donors (Lipinski definition) is 0. The van der Waals surface area contributed by atoms with E-state index in [-0.39, 0.29) is 21.7 Å². The van der Waals surface area contributed by atoms with Gasteiger partial charge in [-0.15, -0.1) is 0 Å². The highest BCUT2D eigenvalue weighted by Crippen LogP contribution is 2.47. The average molecular weight is 377 g/mol. The molecular weight excluding hydrogens is 336 g/mol. The molecule has 0 fully saturated rings. The second-order valence-electron chi connectivity index (χ2n) is 12.3. The Morgan fingerprint density at radius 1 is 0.571 bits per heavy atom. The van der Waals surface area contributed by atoms with Gasteiger partial charge in [0, 0.05) is 0 Å². The Morgan fingerprint density at radius 3 is 1.50 bits per heavy atom. The molecule has 1 aliphatic carbocycles. The first-order chi connectivity index (χ1) is 12.6. The minimum atomic E-state index is 0.144. The Morgan fingerprint density at radius 2 is 1.04 bits per heavy atom. The van der Waals surface area contributed by atoms with Crippen LogP contribution in [0.5, 0.6) is 0 Å². The lowest BCUT2D eigenvalue weighted by Crippen LogP contribution is -2.33. The molecule has 2 aromatic carbocycles. The topological polar surface area (TPSA) is 0 Å². The van der Waals surface area contributed by atoms with Gasteiger partial charge in [-0.25, -0.2) is 0 Å². The van der Waals surface area contributed by atoms with Crippen molar-refractivity contribution in [2.24, 2.45) is 0 Å². The maximum Gasteiger partial charge on any atom is -0.0100 e. The van der Waals surface area contributed by atoms with Gasteiger partial charge in [-0.1, -0.05) is 106 Å². The van der Waals surface area contributed by atoms with Crippen LogP contribution in [0, 0.1) is 0 Å². The van der Waals surface area contributed by atoms with E-state index in [2.05, 4.69) is 106 Å². The molecule has 0 amide bonds. The minimum Gasteiger partial charge on any atom is -0.0576 e. The summed E-state index contributed by atoms with van der Waals surface area (Å²) in [5.74, 6) is 0. The molecule has 0 unspecified atom stereocenters. The Kier molecular flexibility index (Phi) is 4.89. The van der Waals surface area contributed by atoms with E-state index in [1.54, 1.807) is 5.56 Å². The molecule has 0 N–H and O–H groups in total. The fourth-order valence-electron chi connectivity index (χ4n) is 4.43. The summed E-state index contributed by atoms with van der Waals surface area (Å²) in [7, 11) is 0. The number of fused-ring (bicyclic) bond motifs is 1. The lowest BCUT2D eigenvalue weighted by atomic mass is 9.63. The van der Waals surface area contributed by atoms with Crippen molar-refractivity contribution in [1.82, 2.24) is 0 Å². The van der Waals surface area contributed by atoms with Gasteiger partial charge in [0.1, 0.15) is 0 Å². The van der Waals surface area contributed by atoms with Gasteiger partial charge in [-0.3, -0.25) is 0 Å². The summed E-state index contributed by atoms with van der Waals surface area (Å²) in [6, 6.07) is 14.5. The van der Waals surface area contributed by atoms with Gasteiger partial charge in [-0.2, -0.15) is 0 Å². The summed E-state index contributed by atoms with van der Waals surface area (Å²) in [5, 5.41) is 0. The summed E-state index contributed by atoms with van der Waals surface area (Å²) >= 11 is 0. The number of benzene rings is 2. The molecule has 0 spiro atoms. The lowest BCUT2D eigenvalue weighted by molar-refractivity contribution is 0.332. The van der Waals surface area contributed by atoms with E-state index in [1.807, 2.05) is 0 Å². The van der Waals surface area contributed by atoms with E-state index in [1.165, 1.54) is 40.7 Å². The van der Waals surface area contributed by atoms with Crippen molar-refractivity contribution >= 4 is 0 Å². The molecule has 152 valence electrons. The number of rotatable bonds is 1. The van der Waals surface area contributed by atoms with Crippen molar-refractivity contribution in [2.75, 3.05) is 0 Å². The zero-order chi connectivity index (χ0) is 21.1. The molecule has 0 bridgehead atoms. The smallest absolute Gasteiger partial charge is 0.0100 e. The van der Waals surface area contributed by atoms with Crippen molar-refractivity contribution < 1.29 is 0 Å². The van der Waals surface area contributed by atoms with Crippen LogP contribution in [-0.2, 0) is 21.7 Å². The van der Waals surface area contributed by atoms with E-state index in [0.717, 1.165) is 0 Å². The molecule has 3 rings (SSSR count). The molecule has 0 heteroatoms. The molecule has 0 saturated carbocycles. The van der Waals surface area contributed by atoms with Crippen molar-refractivity contribution in [1.29, 1.82) is 0 Å². The van der Waals surface area contributed by atoms with E-state index >= 15 is 0 Å². The first-order valence-electron chi connectivity index (χ1n) is 10.9. The maximum absolute atomic E-state index is 2.49.